The molecule has 2 rings (SSSR count). The molecule has 1 aliphatic heterocycles. The minimum Gasteiger partial charge on any atom is -0.489 e. The lowest BCUT2D eigenvalue weighted by Gasteiger charge is -2.30. The van der Waals surface area contributed by atoms with Crippen LogP contribution in [0.3, 0.4) is 0 Å². The summed E-state index contributed by atoms with van der Waals surface area (Å²) < 4.78 is 22.7. The number of hydrazine groups is 1. The van der Waals surface area contributed by atoms with Crippen molar-refractivity contribution in [3.63, 3.8) is 0 Å². The molecule has 0 radical (unpaired) electrons. The number of ether oxygens (including phenoxy) is 4. The van der Waals surface area contributed by atoms with Crippen molar-refractivity contribution >= 4 is 24.4 Å². The Morgan fingerprint density at radius 3 is 2.49 bits per heavy atom. The number of carbonyl (C=O) groups excluding carboxylic acids is 2. The summed E-state index contributed by atoms with van der Waals surface area (Å²) in [5, 5.41) is 6.22. The van der Waals surface area contributed by atoms with Gasteiger partial charge in [-0.3, -0.25) is 14.8 Å². The van der Waals surface area contributed by atoms with E-state index in [9.17, 15) is 9.59 Å². The molecular formula is C25H40N6O6. The molecule has 1 aromatic carbocycles. The van der Waals surface area contributed by atoms with E-state index in [1.807, 2.05) is 13.1 Å². The highest BCUT2D eigenvalue weighted by molar-refractivity contribution is 6.05. The molecule has 12 heteroatoms. The van der Waals surface area contributed by atoms with E-state index in [1.54, 1.807) is 57.0 Å². The predicted molar refractivity (Wildman–Crippen MR) is 141 cm³/mol. The van der Waals surface area contributed by atoms with Crippen molar-refractivity contribution in [1.29, 1.82) is 0 Å². The molecule has 0 saturated heterocycles. The Balaban J connectivity index is 2.40. The average molecular weight is 521 g/mol. The summed E-state index contributed by atoms with van der Waals surface area (Å²) >= 11 is 0. The largest absolute Gasteiger partial charge is 0.489 e. The molecule has 1 heterocycles. The van der Waals surface area contributed by atoms with Gasteiger partial charge in [-0.2, -0.15) is 0 Å². The van der Waals surface area contributed by atoms with E-state index in [-0.39, 0.29) is 24.7 Å². The Labute approximate surface area is 218 Å². The van der Waals surface area contributed by atoms with Crippen LogP contribution in [-0.2, 0) is 25.5 Å². The first kappa shape index (κ1) is 29.9. The van der Waals surface area contributed by atoms with Gasteiger partial charge in [-0.1, -0.05) is 12.1 Å². The van der Waals surface area contributed by atoms with E-state index in [1.165, 1.54) is 4.90 Å². The first-order valence-corrected chi connectivity index (χ1v) is 12.0. The molecule has 0 bridgehead atoms. The van der Waals surface area contributed by atoms with Crippen molar-refractivity contribution in [3.05, 3.63) is 35.3 Å². The van der Waals surface area contributed by atoms with Crippen molar-refractivity contribution in [2.45, 2.75) is 32.9 Å². The van der Waals surface area contributed by atoms with E-state index in [0.717, 1.165) is 0 Å². The van der Waals surface area contributed by atoms with Gasteiger partial charge in [0.15, 0.2) is 5.70 Å². The number of anilines is 1. The van der Waals surface area contributed by atoms with Gasteiger partial charge in [0.2, 0.25) is 0 Å². The number of rotatable bonds is 3. The summed E-state index contributed by atoms with van der Waals surface area (Å²) in [6.45, 7) is 11.4. The zero-order chi connectivity index (χ0) is 27.6. The van der Waals surface area contributed by atoms with Crippen LogP contribution < -0.4 is 15.8 Å². The van der Waals surface area contributed by atoms with E-state index < -0.39 is 17.6 Å². The number of para-hydroxylation sites is 1. The highest BCUT2D eigenvalue weighted by atomic mass is 16.6. The number of fused-ring (bicyclic) bond motifs is 1. The summed E-state index contributed by atoms with van der Waals surface area (Å²) in [5.74, 6) is -0.0547. The smallest absolute Gasteiger partial charge is 0.410 e. The third-order valence-corrected chi connectivity index (χ3v) is 5.34. The van der Waals surface area contributed by atoms with Crippen LogP contribution in [0.2, 0.25) is 0 Å². The van der Waals surface area contributed by atoms with Crippen LogP contribution in [-0.4, -0.2) is 100.0 Å². The first-order valence-electron chi connectivity index (χ1n) is 12.0. The average Bonchev–Trinajstić information content (AvgIpc) is 2.82. The highest BCUT2D eigenvalue weighted by Gasteiger charge is 2.23. The molecule has 0 unspecified atom stereocenters. The number of aliphatic imine (C=N–C) groups is 1. The fourth-order valence-electron chi connectivity index (χ4n) is 3.30. The van der Waals surface area contributed by atoms with Gasteiger partial charge in [-0.15, -0.1) is 0 Å². The van der Waals surface area contributed by atoms with Gasteiger partial charge in [0.1, 0.15) is 23.8 Å². The molecule has 0 aromatic heterocycles. The number of nitrogens with two attached hydrogens (primary N) is 1. The molecule has 0 fully saturated rings. The third-order valence-electron chi connectivity index (χ3n) is 5.34. The number of hydrogen-bond acceptors (Lipinski definition) is 10. The van der Waals surface area contributed by atoms with Gasteiger partial charge < -0.3 is 34.9 Å². The minimum atomic E-state index is -0.634. The second-order valence-corrected chi connectivity index (χ2v) is 9.45. The number of nitrogens with zero attached hydrogens (tertiary/aromatic N) is 4. The molecule has 0 atom stereocenters. The number of amides is 2. The Morgan fingerprint density at radius 1 is 1.19 bits per heavy atom. The molecule has 2 amide bonds. The Hall–Kier alpha value is -3.35. The molecule has 0 aliphatic carbocycles. The molecule has 3 N–H and O–H groups in total. The molecular weight excluding hydrogens is 480 g/mol. The zero-order valence-corrected chi connectivity index (χ0v) is 22.7. The maximum Gasteiger partial charge on any atom is 0.410 e. The Kier molecular flexibility index (Phi) is 11.2. The monoisotopic (exact) mass is 520 g/mol. The summed E-state index contributed by atoms with van der Waals surface area (Å²) in [7, 11) is 5.16. The van der Waals surface area contributed by atoms with Crippen LogP contribution >= 0.6 is 0 Å². The fourth-order valence-corrected chi connectivity index (χ4v) is 3.30. The number of benzene rings is 1. The zero-order valence-electron chi connectivity index (χ0n) is 22.7. The summed E-state index contributed by atoms with van der Waals surface area (Å²) in [5.41, 5.74) is 6.63. The maximum atomic E-state index is 13.2. The summed E-state index contributed by atoms with van der Waals surface area (Å²) in [6.07, 6.45) is -0.484. The summed E-state index contributed by atoms with van der Waals surface area (Å²) in [6, 6.07) is 5.26. The van der Waals surface area contributed by atoms with Gasteiger partial charge in [0.05, 0.1) is 38.7 Å². The van der Waals surface area contributed by atoms with E-state index in [0.29, 0.717) is 50.0 Å². The second kappa shape index (κ2) is 13.8. The molecule has 206 valence electrons. The van der Waals surface area contributed by atoms with Crippen LogP contribution in [0.15, 0.2) is 34.7 Å². The van der Waals surface area contributed by atoms with Crippen LogP contribution in [0.5, 0.6) is 5.75 Å². The van der Waals surface area contributed by atoms with Gasteiger partial charge in [-0.25, -0.2) is 9.80 Å². The van der Waals surface area contributed by atoms with Gasteiger partial charge in [0, 0.05) is 33.3 Å². The lowest BCUT2D eigenvalue weighted by molar-refractivity contribution is -0.113. The van der Waals surface area contributed by atoms with Crippen LogP contribution in [0, 0.1) is 0 Å². The molecule has 0 saturated carbocycles. The quantitative estimate of drug-likeness (QED) is 0.575. The lowest BCUT2D eigenvalue weighted by Crippen LogP contribution is -2.42. The molecule has 1 aliphatic rings. The van der Waals surface area contributed by atoms with Crippen LogP contribution in [0.25, 0.3) is 0 Å². The first-order chi connectivity index (χ1) is 17.4. The lowest BCUT2D eigenvalue weighted by atomic mass is 10.1. The number of likely N-dealkylation sites (N-methyl/N-ethyl adjacent to an activating group) is 1. The van der Waals surface area contributed by atoms with Crippen molar-refractivity contribution in [2.75, 3.05) is 66.0 Å². The molecule has 1 aromatic rings. The number of carbonyl (C=O) groups is 2. The fraction of sp³-hybridized carbons (Fsp3) is 0.560. The highest BCUT2D eigenvalue weighted by Crippen LogP contribution is 2.31. The minimum absolute atomic E-state index is 0.0508. The van der Waals surface area contributed by atoms with Crippen LogP contribution in [0.1, 0.15) is 26.3 Å². The predicted octanol–water partition coefficient (Wildman–Crippen LogP) is 2.02. The molecule has 12 nitrogen and oxygen atoms in total. The standard InChI is InChI=1S/C25H40N6O6/c1-25(2,3)37-24(33)29(5)17-18-9-8-10-19-21(18)36-16-15-35-14-13-34-12-11-30(6)31(7)22(26)20(27-4)23(32)28-19/h8-10H,4,11-17,26H2,1-3,5-7H3,(H,28,32)/b22-20-. The topological polar surface area (TPSA) is 131 Å². The van der Waals surface area contributed by atoms with Gasteiger partial charge in [0.25, 0.3) is 5.91 Å². The maximum absolute atomic E-state index is 13.2. The van der Waals surface area contributed by atoms with E-state index in [4.69, 9.17) is 24.7 Å². The van der Waals surface area contributed by atoms with Crippen molar-refractivity contribution < 1.29 is 28.5 Å². The van der Waals surface area contributed by atoms with Crippen molar-refractivity contribution in [3.8, 4) is 5.75 Å². The normalized spacial score (nSPS) is 19.2. The van der Waals surface area contributed by atoms with Gasteiger partial charge in [-0.05, 0) is 33.6 Å². The van der Waals surface area contributed by atoms with Crippen LogP contribution in [0.4, 0.5) is 10.5 Å². The summed E-state index contributed by atoms with van der Waals surface area (Å²) in [4.78, 5) is 31.0. The van der Waals surface area contributed by atoms with E-state index >= 15 is 0 Å². The number of nitrogens with one attached hydrogen (secondary N) is 1. The molecule has 37 heavy (non-hydrogen) atoms. The Morgan fingerprint density at radius 2 is 1.84 bits per heavy atom. The SMILES string of the molecule is C=N/C1=C(/N)N(C)N(C)CCOCCOCCOc2c(CN(C)C(=O)OC(C)(C)C)cccc2NC1=O. The third kappa shape index (κ3) is 9.23. The second-order valence-electron chi connectivity index (χ2n) is 9.45. The Bertz CT molecular complexity index is 977. The van der Waals surface area contributed by atoms with Crippen molar-refractivity contribution in [2.24, 2.45) is 10.7 Å². The number of hydrogen-bond donors (Lipinski definition) is 2. The molecule has 0 spiro atoms. The van der Waals surface area contributed by atoms with Gasteiger partial charge >= 0.3 is 6.09 Å². The van der Waals surface area contributed by atoms with E-state index in [2.05, 4.69) is 17.0 Å². The van der Waals surface area contributed by atoms with Crippen molar-refractivity contribution in [1.82, 2.24) is 14.9 Å².